The van der Waals surface area contributed by atoms with Crippen LogP contribution in [0.25, 0.3) is 0 Å². The maximum Gasteiger partial charge on any atom is 0.573 e. The number of hydrogen-bond donors (Lipinski definition) is 1. The third-order valence-corrected chi connectivity index (χ3v) is 1.54. The molecule has 0 aliphatic heterocycles. The first-order chi connectivity index (χ1) is 6.87. The van der Waals surface area contributed by atoms with Crippen LogP contribution in [0.15, 0.2) is 24.3 Å². The van der Waals surface area contributed by atoms with E-state index in [9.17, 15) is 13.2 Å². The molecule has 1 N–H and O–H groups in total. The van der Waals surface area contributed by atoms with Gasteiger partial charge >= 0.3 is 6.36 Å². The van der Waals surface area contributed by atoms with Gasteiger partial charge in [0.2, 0.25) is 0 Å². The Labute approximate surface area is 84.6 Å². The van der Waals surface area contributed by atoms with Crippen LogP contribution >= 0.6 is 0 Å². The fourth-order valence-electron chi connectivity index (χ4n) is 1.11. The zero-order chi connectivity index (χ0) is 11.5. The molecule has 15 heavy (non-hydrogen) atoms. The predicted molar refractivity (Wildman–Crippen MR) is 46.4 cm³/mol. The van der Waals surface area contributed by atoms with Crippen LogP contribution in [-0.2, 0) is 6.54 Å². The quantitative estimate of drug-likeness (QED) is 0.795. The van der Waals surface area contributed by atoms with Crippen LogP contribution in [0, 0.1) is 0 Å². The summed E-state index contributed by atoms with van der Waals surface area (Å²) < 4.78 is 39.3. The number of alkyl halides is 3. The molecule has 0 radical (unpaired) electrons. The minimum Gasteiger partial charge on any atom is -0.406 e. The first-order valence-electron chi connectivity index (χ1n) is 4.11. The standard InChI is InChI=1S/C9H10F3NO2/c1-13(14)6-7-3-2-4-8(5-7)15-9(10,11)12/h2-5,14H,6H2,1H3. The van der Waals surface area contributed by atoms with Gasteiger partial charge in [0.15, 0.2) is 0 Å². The molecule has 0 unspecified atom stereocenters. The number of nitrogens with zero attached hydrogens (tertiary/aromatic N) is 1. The zero-order valence-electron chi connectivity index (χ0n) is 7.95. The largest absolute Gasteiger partial charge is 0.573 e. The second kappa shape index (κ2) is 4.50. The van der Waals surface area contributed by atoms with Crippen molar-refractivity contribution in [2.75, 3.05) is 7.05 Å². The molecule has 1 aromatic rings. The molecule has 0 aromatic heterocycles. The van der Waals surface area contributed by atoms with Crippen molar-refractivity contribution in [2.24, 2.45) is 0 Å². The maximum atomic E-state index is 11.9. The van der Waals surface area contributed by atoms with E-state index in [2.05, 4.69) is 4.74 Å². The van der Waals surface area contributed by atoms with Crippen LogP contribution in [0.1, 0.15) is 5.56 Å². The van der Waals surface area contributed by atoms with Crippen LogP contribution < -0.4 is 4.74 Å². The smallest absolute Gasteiger partial charge is 0.406 e. The van der Waals surface area contributed by atoms with Gasteiger partial charge in [0.25, 0.3) is 0 Å². The first kappa shape index (κ1) is 11.8. The van der Waals surface area contributed by atoms with E-state index in [-0.39, 0.29) is 12.3 Å². The van der Waals surface area contributed by atoms with Crippen LogP contribution in [-0.4, -0.2) is 23.7 Å². The summed E-state index contributed by atoms with van der Waals surface area (Å²) in [6.07, 6.45) is -4.69. The van der Waals surface area contributed by atoms with Gasteiger partial charge in [0.1, 0.15) is 5.75 Å². The fraction of sp³-hybridized carbons (Fsp3) is 0.333. The fourth-order valence-corrected chi connectivity index (χ4v) is 1.11. The lowest BCUT2D eigenvalue weighted by molar-refractivity contribution is -0.274. The van der Waals surface area contributed by atoms with Gasteiger partial charge in [-0.25, -0.2) is 0 Å². The second-order valence-electron chi connectivity index (χ2n) is 3.01. The van der Waals surface area contributed by atoms with E-state index < -0.39 is 6.36 Å². The summed E-state index contributed by atoms with van der Waals surface area (Å²) in [6.45, 7) is 0.134. The van der Waals surface area contributed by atoms with Gasteiger partial charge in [0.05, 0.1) is 0 Å². The van der Waals surface area contributed by atoms with Crippen LogP contribution in [0.3, 0.4) is 0 Å². The van der Waals surface area contributed by atoms with Gasteiger partial charge in [-0.3, -0.25) is 0 Å². The Morgan fingerprint density at radius 1 is 1.40 bits per heavy atom. The number of hydroxylamine groups is 2. The van der Waals surface area contributed by atoms with Gasteiger partial charge in [-0.2, -0.15) is 5.06 Å². The number of rotatable bonds is 3. The van der Waals surface area contributed by atoms with Crippen molar-refractivity contribution in [3.05, 3.63) is 29.8 Å². The third-order valence-electron chi connectivity index (χ3n) is 1.54. The molecule has 0 heterocycles. The Hall–Kier alpha value is -1.27. The topological polar surface area (TPSA) is 32.7 Å². The second-order valence-corrected chi connectivity index (χ2v) is 3.01. The van der Waals surface area contributed by atoms with Crippen molar-refractivity contribution in [3.63, 3.8) is 0 Å². The molecule has 3 nitrogen and oxygen atoms in total. The normalized spacial score (nSPS) is 11.9. The Kier molecular flexibility index (Phi) is 3.54. The molecule has 0 bridgehead atoms. The number of ether oxygens (including phenoxy) is 1. The number of benzene rings is 1. The average Bonchev–Trinajstić information content (AvgIpc) is 1.99. The highest BCUT2D eigenvalue weighted by atomic mass is 19.4. The molecular weight excluding hydrogens is 211 g/mol. The SMILES string of the molecule is CN(O)Cc1cccc(OC(F)(F)F)c1. The van der Waals surface area contributed by atoms with Gasteiger partial charge in [-0.1, -0.05) is 12.1 Å². The molecule has 0 aliphatic carbocycles. The van der Waals surface area contributed by atoms with Crippen LogP contribution in [0.2, 0.25) is 0 Å². The van der Waals surface area contributed by atoms with Crippen molar-refractivity contribution in [1.29, 1.82) is 0 Å². The molecule has 0 saturated carbocycles. The van der Waals surface area contributed by atoms with Crippen molar-refractivity contribution in [2.45, 2.75) is 12.9 Å². The predicted octanol–water partition coefficient (Wildman–Crippen LogP) is 2.41. The highest BCUT2D eigenvalue weighted by Crippen LogP contribution is 2.23. The summed E-state index contributed by atoms with van der Waals surface area (Å²) in [6, 6.07) is 5.45. The molecular formula is C9H10F3NO2. The monoisotopic (exact) mass is 221 g/mol. The van der Waals surface area contributed by atoms with E-state index in [0.717, 1.165) is 5.06 Å². The van der Waals surface area contributed by atoms with Gasteiger partial charge in [-0.15, -0.1) is 13.2 Å². The average molecular weight is 221 g/mol. The lowest BCUT2D eigenvalue weighted by Gasteiger charge is -2.11. The molecule has 0 amide bonds. The lowest BCUT2D eigenvalue weighted by atomic mass is 10.2. The molecule has 6 heteroatoms. The first-order valence-corrected chi connectivity index (χ1v) is 4.11. The van der Waals surface area contributed by atoms with E-state index >= 15 is 0 Å². The summed E-state index contributed by atoms with van der Waals surface area (Å²) in [5.41, 5.74) is 0.529. The Morgan fingerprint density at radius 3 is 2.60 bits per heavy atom. The van der Waals surface area contributed by atoms with E-state index in [0.29, 0.717) is 5.56 Å². The summed E-state index contributed by atoms with van der Waals surface area (Å²) >= 11 is 0. The van der Waals surface area contributed by atoms with E-state index in [4.69, 9.17) is 5.21 Å². The highest BCUT2D eigenvalue weighted by Gasteiger charge is 2.31. The summed E-state index contributed by atoms with van der Waals surface area (Å²) in [4.78, 5) is 0. The Morgan fingerprint density at radius 2 is 2.07 bits per heavy atom. The lowest BCUT2D eigenvalue weighted by Crippen LogP contribution is -2.17. The summed E-state index contributed by atoms with van der Waals surface area (Å²) in [5, 5.41) is 9.77. The Bertz CT molecular complexity index is 325. The van der Waals surface area contributed by atoms with Crippen LogP contribution in [0.5, 0.6) is 5.75 Å². The number of hydrogen-bond acceptors (Lipinski definition) is 3. The highest BCUT2D eigenvalue weighted by molar-refractivity contribution is 5.28. The molecule has 0 saturated heterocycles. The minimum atomic E-state index is -4.69. The molecule has 84 valence electrons. The third kappa shape index (κ3) is 4.66. The van der Waals surface area contributed by atoms with Gasteiger partial charge in [-0.05, 0) is 17.7 Å². The summed E-state index contributed by atoms with van der Waals surface area (Å²) in [5.74, 6) is -0.290. The van der Waals surface area contributed by atoms with E-state index in [1.807, 2.05) is 0 Å². The molecule has 0 fully saturated rings. The molecule has 0 spiro atoms. The molecule has 0 aliphatic rings. The minimum absolute atomic E-state index is 0.134. The molecule has 1 rings (SSSR count). The van der Waals surface area contributed by atoms with Gasteiger partial charge < -0.3 is 9.94 Å². The van der Waals surface area contributed by atoms with Crippen molar-refractivity contribution >= 4 is 0 Å². The van der Waals surface area contributed by atoms with Crippen molar-refractivity contribution in [3.8, 4) is 5.75 Å². The Balaban J connectivity index is 2.74. The zero-order valence-corrected chi connectivity index (χ0v) is 7.95. The molecule has 1 aromatic carbocycles. The van der Waals surface area contributed by atoms with Gasteiger partial charge in [0, 0.05) is 13.6 Å². The van der Waals surface area contributed by atoms with E-state index in [1.165, 1.54) is 25.2 Å². The molecule has 0 atom stereocenters. The number of halogens is 3. The van der Waals surface area contributed by atoms with Crippen LogP contribution in [0.4, 0.5) is 13.2 Å². The van der Waals surface area contributed by atoms with Crippen molar-refractivity contribution in [1.82, 2.24) is 5.06 Å². The summed E-state index contributed by atoms with van der Waals surface area (Å²) in [7, 11) is 1.40. The van der Waals surface area contributed by atoms with E-state index in [1.54, 1.807) is 6.07 Å². The van der Waals surface area contributed by atoms with Crippen molar-refractivity contribution < 1.29 is 23.1 Å². The maximum absolute atomic E-state index is 11.9.